The van der Waals surface area contributed by atoms with Gasteiger partial charge in [-0.3, -0.25) is 0 Å². The van der Waals surface area contributed by atoms with Crippen molar-refractivity contribution in [1.82, 2.24) is 0 Å². The van der Waals surface area contributed by atoms with Crippen LogP contribution in [0.1, 0.15) is 77.6 Å². The van der Waals surface area contributed by atoms with Gasteiger partial charge in [0.2, 0.25) is 0 Å². The minimum atomic E-state index is -0.226. The molecule has 18 heavy (non-hydrogen) atoms. The van der Waals surface area contributed by atoms with Crippen LogP contribution in [0.2, 0.25) is 0 Å². The molecule has 0 radical (unpaired) electrons. The molecule has 4 unspecified atom stereocenters. The van der Waals surface area contributed by atoms with E-state index in [1.165, 1.54) is 57.8 Å². The SMILES string of the molecule is CC1CC2CCCCCCCCCC(O)C(C1)O2. The monoisotopic (exact) mass is 254 g/mol. The van der Waals surface area contributed by atoms with E-state index in [0.29, 0.717) is 12.0 Å². The van der Waals surface area contributed by atoms with Crippen LogP contribution in [0.3, 0.4) is 0 Å². The summed E-state index contributed by atoms with van der Waals surface area (Å²) in [6, 6.07) is 0. The first kappa shape index (κ1) is 14.3. The molecule has 0 aromatic carbocycles. The first-order chi connectivity index (χ1) is 8.75. The van der Waals surface area contributed by atoms with E-state index in [-0.39, 0.29) is 12.2 Å². The molecule has 2 nitrogen and oxygen atoms in total. The highest BCUT2D eigenvalue weighted by Gasteiger charge is 2.31. The minimum absolute atomic E-state index is 0.111. The summed E-state index contributed by atoms with van der Waals surface area (Å²) in [5.41, 5.74) is 0. The Morgan fingerprint density at radius 2 is 1.44 bits per heavy atom. The lowest BCUT2D eigenvalue weighted by atomic mass is 9.88. The summed E-state index contributed by atoms with van der Waals surface area (Å²) in [6.45, 7) is 2.31. The molecule has 2 aliphatic heterocycles. The van der Waals surface area contributed by atoms with Crippen molar-refractivity contribution in [3.8, 4) is 0 Å². The largest absolute Gasteiger partial charge is 0.390 e. The fourth-order valence-corrected chi connectivity index (χ4v) is 3.53. The number of hydrogen-bond donors (Lipinski definition) is 1. The molecule has 0 aromatic rings. The second-order valence-electron chi connectivity index (χ2n) is 6.49. The van der Waals surface area contributed by atoms with Crippen molar-refractivity contribution in [2.24, 2.45) is 5.92 Å². The number of hydrogen-bond acceptors (Lipinski definition) is 2. The summed E-state index contributed by atoms with van der Waals surface area (Å²) in [4.78, 5) is 0. The average Bonchev–Trinajstić information content (AvgIpc) is 2.36. The van der Waals surface area contributed by atoms with Gasteiger partial charge in [0.05, 0.1) is 18.3 Å². The van der Waals surface area contributed by atoms with E-state index in [2.05, 4.69) is 6.92 Å². The summed E-state index contributed by atoms with van der Waals surface area (Å²) in [5.74, 6) is 0.716. The minimum Gasteiger partial charge on any atom is -0.390 e. The molecule has 4 atom stereocenters. The zero-order valence-corrected chi connectivity index (χ0v) is 11.9. The highest BCUT2D eigenvalue weighted by atomic mass is 16.5. The molecule has 0 aromatic heterocycles. The maximum atomic E-state index is 10.3. The topological polar surface area (TPSA) is 29.5 Å². The first-order valence-corrected chi connectivity index (χ1v) is 8.09. The van der Waals surface area contributed by atoms with Gasteiger partial charge < -0.3 is 9.84 Å². The second kappa shape index (κ2) is 7.49. The molecule has 2 rings (SSSR count). The Hall–Kier alpha value is -0.0800. The van der Waals surface area contributed by atoms with Crippen LogP contribution in [0.25, 0.3) is 0 Å². The van der Waals surface area contributed by atoms with Gasteiger partial charge in [-0.1, -0.05) is 51.9 Å². The molecule has 2 bridgehead atoms. The first-order valence-electron chi connectivity index (χ1n) is 8.09. The third-order valence-corrected chi connectivity index (χ3v) is 4.62. The lowest BCUT2D eigenvalue weighted by Crippen LogP contribution is -2.39. The van der Waals surface area contributed by atoms with Crippen LogP contribution in [0, 0.1) is 5.92 Å². The quantitative estimate of drug-likeness (QED) is 0.706. The Kier molecular flexibility index (Phi) is 5.97. The fourth-order valence-electron chi connectivity index (χ4n) is 3.53. The number of rotatable bonds is 0. The van der Waals surface area contributed by atoms with Crippen molar-refractivity contribution in [3.05, 3.63) is 0 Å². The van der Waals surface area contributed by atoms with Gasteiger partial charge in [0.15, 0.2) is 0 Å². The number of fused-ring (bicyclic) bond motifs is 2. The Bertz CT molecular complexity index is 229. The van der Waals surface area contributed by atoms with Crippen molar-refractivity contribution in [2.45, 2.75) is 95.9 Å². The van der Waals surface area contributed by atoms with Crippen LogP contribution in [-0.4, -0.2) is 23.4 Å². The number of aliphatic hydroxyl groups is 1. The zero-order valence-electron chi connectivity index (χ0n) is 11.9. The van der Waals surface area contributed by atoms with Crippen molar-refractivity contribution in [2.75, 3.05) is 0 Å². The molecule has 106 valence electrons. The Morgan fingerprint density at radius 3 is 2.17 bits per heavy atom. The maximum absolute atomic E-state index is 10.3. The van der Waals surface area contributed by atoms with Crippen LogP contribution >= 0.6 is 0 Å². The zero-order chi connectivity index (χ0) is 12.8. The van der Waals surface area contributed by atoms with Crippen LogP contribution in [-0.2, 0) is 4.74 Å². The van der Waals surface area contributed by atoms with Gasteiger partial charge in [-0.25, -0.2) is 0 Å². The summed E-state index contributed by atoms with van der Waals surface area (Å²) < 4.78 is 6.13. The Morgan fingerprint density at radius 1 is 0.833 bits per heavy atom. The van der Waals surface area contributed by atoms with E-state index in [4.69, 9.17) is 4.74 Å². The molecular weight excluding hydrogens is 224 g/mol. The van der Waals surface area contributed by atoms with Crippen LogP contribution in [0.15, 0.2) is 0 Å². The van der Waals surface area contributed by atoms with Gasteiger partial charge in [0.1, 0.15) is 0 Å². The lowest BCUT2D eigenvalue weighted by Gasteiger charge is -2.36. The molecule has 0 spiro atoms. The molecule has 2 aliphatic rings. The van der Waals surface area contributed by atoms with E-state index in [9.17, 15) is 5.11 Å². The Labute approximate surface area is 112 Å². The third-order valence-electron chi connectivity index (χ3n) is 4.62. The van der Waals surface area contributed by atoms with Crippen LogP contribution in [0.4, 0.5) is 0 Å². The predicted molar refractivity (Wildman–Crippen MR) is 74.6 cm³/mol. The molecule has 0 saturated carbocycles. The maximum Gasteiger partial charge on any atom is 0.0840 e. The van der Waals surface area contributed by atoms with Gasteiger partial charge in [-0.2, -0.15) is 0 Å². The highest BCUT2D eigenvalue weighted by molar-refractivity contribution is 4.80. The van der Waals surface area contributed by atoms with Gasteiger partial charge in [-0.05, 0) is 31.6 Å². The molecular formula is C16H30O2. The molecule has 1 N–H and O–H groups in total. The van der Waals surface area contributed by atoms with E-state index in [0.717, 1.165) is 12.8 Å². The van der Waals surface area contributed by atoms with Gasteiger partial charge in [0.25, 0.3) is 0 Å². The van der Waals surface area contributed by atoms with Gasteiger partial charge in [0, 0.05) is 0 Å². The third kappa shape index (κ3) is 4.55. The van der Waals surface area contributed by atoms with E-state index < -0.39 is 0 Å². The Balaban J connectivity index is 1.90. The molecule has 2 saturated heterocycles. The van der Waals surface area contributed by atoms with Crippen molar-refractivity contribution in [1.29, 1.82) is 0 Å². The van der Waals surface area contributed by atoms with Crippen molar-refractivity contribution < 1.29 is 9.84 Å². The summed E-state index contributed by atoms with van der Waals surface area (Å²) >= 11 is 0. The molecule has 2 fully saturated rings. The number of ether oxygens (including phenoxy) is 1. The summed E-state index contributed by atoms with van der Waals surface area (Å²) in [5, 5.41) is 10.3. The smallest absolute Gasteiger partial charge is 0.0840 e. The molecule has 0 amide bonds. The fraction of sp³-hybridized carbons (Fsp3) is 1.00. The van der Waals surface area contributed by atoms with E-state index in [1.54, 1.807) is 0 Å². The average molecular weight is 254 g/mol. The lowest BCUT2D eigenvalue weighted by molar-refractivity contribution is -0.123. The van der Waals surface area contributed by atoms with Crippen LogP contribution in [0.5, 0.6) is 0 Å². The molecule has 0 aliphatic carbocycles. The normalized spacial score (nSPS) is 40.3. The predicted octanol–water partition coefficient (Wildman–Crippen LogP) is 4.06. The van der Waals surface area contributed by atoms with Gasteiger partial charge >= 0.3 is 0 Å². The summed E-state index contributed by atoms with van der Waals surface area (Å²) in [6.07, 6.45) is 13.9. The highest BCUT2D eigenvalue weighted by Crippen LogP contribution is 2.30. The second-order valence-corrected chi connectivity index (χ2v) is 6.49. The van der Waals surface area contributed by atoms with Crippen molar-refractivity contribution >= 4 is 0 Å². The summed E-state index contributed by atoms with van der Waals surface area (Å²) in [7, 11) is 0. The van der Waals surface area contributed by atoms with Crippen LogP contribution < -0.4 is 0 Å². The van der Waals surface area contributed by atoms with Crippen molar-refractivity contribution in [3.63, 3.8) is 0 Å². The number of aliphatic hydroxyl groups excluding tert-OH is 1. The standard InChI is InChI=1S/C16H30O2/c1-13-11-14-9-7-5-3-2-4-6-8-10-15(17)16(12-13)18-14/h13-17H,2-12H2,1H3. The van der Waals surface area contributed by atoms with E-state index >= 15 is 0 Å². The van der Waals surface area contributed by atoms with Gasteiger partial charge in [-0.15, -0.1) is 0 Å². The molecule has 2 heterocycles. The molecule has 2 heteroatoms. The van der Waals surface area contributed by atoms with E-state index in [1.807, 2.05) is 0 Å².